The molecule has 3 aromatic rings. The topological polar surface area (TPSA) is 98.2 Å². The largest absolute Gasteiger partial charge is 0.493 e. The molecule has 3 aromatic carbocycles. The van der Waals surface area contributed by atoms with Gasteiger partial charge in [0.1, 0.15) is 17.6 Å². The van der Waals surface area contributed by atoms with Gasteiger partial charge in [-0.25, -0.2) is 4.79 Å². The number of ether oxygens (including phenoxy) is 2. The van der Waals surface area contributed by atoms with E-state index in [0.29, 0.717) is 92.8 Å². The van der Waals surface area contributed by atoms with E-state index in [9.17, 15) is 14.7 Å². The molecule has 0 radical (unpaired) electrons. The molecule has 2 fully saturated rings. The van der Waals surface area contributed by atoms with E-state index in [1.54, 1.807) is 4.90 Å². The monoisotopic (exact) mass is 773 g/mol. The maximum absolute atomic E-state index is 14.9. The zero-order chi connectivity index (χ0) is 35.4. The van der Waals surface area contributed by atoms with Crippen LogP contribution < -0.4 is 4.74 Å². The van der Waals surface area contributed by atoms with Crippen LogP contribution in [0.3, 0.4) is 0 Å². The number of rotatable bonds is 9. The van der Waals surface area contributed by atoms with E-state index in [1.165, 1.54) is 0 Å². The lowest BCUT2D eigenvalue weighted by molar-refractivity contribution is -0.136. The quantitative estimate of drug-likeness (QED) is 0.255. The maximum atomic E-state index is 14.9. The van der Waals surface area contributed by atoms with Gasteiger partial charge in [-0.15, -0.1) is 12.4 Å². The van der Waals surface area contributed by atoms with Crippen LogP contribution in [0.5, 0.6) is 5.75 Å². The summed E-state index contributed by atoms with van der Waals surface area (Å²) in [6.07, 6.45) is 0. The van der Waals surface area contributed by atoms with Crippen molar-refractivity contribution in [2.75, 3.05) is 72.2 Å². The van der Waals surface area contributed by atoms with Crippen molar-refractivity contribution >= 4 is 53.4 Å². The minimum Gasteiger partial charge on any atom is -0.493 e. The van der Waals surface area contributed by atoms with Gasteiger partial charge in [0.15, 0.2) is 0 Å². The Morgan fingerprint density at radius 3 is 2.06 bits per heavy atom. The number of aliphatic imine (C=N–C) groups is 1. The highest BCUT2D eigenvalue weighted by atomic mass is 35.5. The molecule has 52 heavy (non-hydrogen) atoms. The first kappa shape index (κ1) is 41.4. The average molecular weight is 775 g/mol. The third-order valence-electron chi connectivity index (χ3n) is 9.76. The molecule has 0 aromatic heterocycles. The molecule has 0 spiro atoms. The third-order valence-corrected chi connectivity index (χ3v) is 10.3. The molecule has 3 amide bonds. The van der Waals surface area contributed by atoms with Gasteiger partial charge in [0, 0.05) is 54.7 Å². The Balaban J connectivity index is 0.00000302. The Labute approximate surface area is 323 Å². The molecule has 0 aliphatic carbocycles. The van der Waals surface area contributed by atoms with Gasteiger partial charge < -0.3 is 24.4 Å². The summed E-state index contributed by atoms with van der Waals surface area (Å²) in [6, 6.07) is 19.8. The van der Waals surface area contributed by atoms with Gasteiger partial charge >= 0.3 is 6.03 Å². The van der Waals surface area contributed by atoms with E-state index in [2.05, 4.69) is 4.90 Å². The number of nitrogens with zero attached hydrogens (tertiary/aromatic N) is 5. The lowest BCUT2D eigenvalue weighted by atomic mass is 9.85. The second kappa shape index (κ2) is 18.1. The van der Waals surface area contributed by atoms with Gasteiger partial charge in [0.05, 0.1) is 44.6 Å². The lowest BCUT2D eigenvalue weighted by Gasteiger charge is -2.39. The molecule has 3 heterocycles. The number of halogens is 3. The van der Waals surface area contributed by atoms with Crippen molar-refractivity contribution in [1.29, 1.82) is 0 Å². The van der Waals surface area contributed by atoms with Crippen molar-refractivity contribution in [3.05, 3.63) is 99.0 Å². The molecule has 1 N–H and O–H groups in total. The Morgan fingerprint density at radius 1 is 0.885 bits per heavy atom. The number of aliphatic hydroxyl groups excluding tert-OH is 1. The zero-order valence-corrected chi connectivity index (χ0v) is 31.6. The fraction of sp³-hybridized carbons (Fsp3) is 0.462. The summed E-state index contributed by atoms with van der Waals surface area (Å²) < 4.78 is 11.6. The maximum Gasteiger partial charge on any atom is 0.326 e. The number of carbonyl (C=O) groups excluding carboxylic acids is 2. The van der Waals surface area contributed by atoms with Crippen molar-refractivity contribution in [2.45, 2.75) is 45.7 Å². The summed E-state index contributed by atoms with van der Waals surface area (Å²) in [5.41, 5.74) is 2.88. The molecule has 3 aliphatic heterocycles. The number of amides is 3. The molecule has 0 bridgehead atoms. The Kier molecular flexibility index (Phi) is 14.4. The number of benzene rings is 3. The fourth-order valence-corrected chi connectivity index (χ4v) is 6.95. The molecule has 6 rings (SSSR count). The number of amidine groups is 1. The van der Waals surface area contributed by atoms with Gasteiger partial charge in [-0.3, -0.25) is 19.6 Å². The molecule has 282 valence electrons. The van der Waals surface area contributed by atoms with Crippen molar-refractivity contribution in [1.82, 2.24) is 19.6 Å². The van der Waals surface area contributed by atoms with E-state index >= 15 is 0 Å². The summed E-state index contributed by atoms with van der Waals surface area (Å²) in [7, 11) is 0. The molecule has 2 saturated heterocycles. The normalized spacial score (nSPS) is 19.4. The SMILES string of the molecule is C.CCOc1cc(C(C)(C)CO)ccc1C1=N[C@@H](c2ccc(Cl)cc2)[C@@H](c2ccc(Cl)cc2)N1C(=O)N1CCN(CC(=O)N2CCOCC2)CC1.Cl. The molecule has 0 saturated carbocycles. The lowest BCUT2D eigenvalue weighted by Crippen LogP contribution is -2.56. The van der Waals surface area contributed by atoms with Gasteiger partial charge in [0.25, 0.3) is 0 Å². The summed E-state index contributed by atoms with van der Waals surface area (Å²) in [4.78, 5) is 40.8. The van der Waals surface area contributed by atoms with Crippen LogP contribution in [0.4, 0.5) is 4.79 Å². The molecule has 13 heteroatoms. The minimum absolute atomic E-state index is 0. The van der Waals surface area contributed by atoms with E-state index in [4.69, 9.17) is 37.7 Å². The highest BCUT2D eigenvalue weighted by molar-refractivity contribution is 6.30. The number of hydrogen-bond donors (Lipinski definition) is 1. The number of piperazine rings is 1. The first-order chi connectivity index (χ1) is 24.1. The summed E-state index contributed by atoms with van der Waals surface area (Å²) >= 11 is 12.7. The first-order valence-corrected chi connectivity index (χ1v) is 18.0. The standard InChI is InChI=1S/C38H45Cl2N5O5.CH4.ClH/c1-4-50-32-23-28(38(2,3)25-46)9-14-31(32)36-41-34(26-5-10-29(39)11-6-26)35(27-7-12-30(40)13-8-27)45(36)37(48)44-17-15-42(16-18-44)24-33(47)43-19-21-49-22-20-43;;/h5-14,23,34-35,46H,4,15-22,24-25H2,1-3H3;1H4;1H/t34-,35+;;/m0../s1. The summed E-state index contributed by atoms with van der Waals surface area (Å²) in [6.45, 7) is 11.0. The van der Waals surface area contributed by atoms with Gasteiger partial charge in [0.2, 0.25) is 5.91 Å². The van der Waals surface area contributed by atoms with Gasteiger partial charge in [-0.1, -0.05) is 74.8 Å². The van der Waals surface area contributed by atoms with E-state index in [1.807, 2.05) is 97.3 Å². The van der Waals surface area contributed by atoms with Gasteiger partial charge in [-0.05, 0) is 60.0 Å². The van der Waals surface area contributed by atoms with Crippen LogP contribution in [0.2, 0.25) is 10.0 Å². The molecule has 2 atom stereocenters. The highest BCUT2D eigenvalue weighted by Crippen LogP contribution is 2.46. The number of morpholine rings is 1. The number of urea groups is 1. The van der Waals surface area contributed by atoms with E-state index in [-0.39, 0.29) is 38.4 Å². The van der Waals surface area contributed by atoms with Crippen LogP contribution in [0.25, 0.3) is 0 Å². The smallest absolute Gasteiger partial charge is 0.326 e. The average Bonchev–Trinajstić information content (AvgIpc) is 3.53. The van der Waals surface area contributed by atoms with Crippen LogP contribution >= 0.6 is 35.6 Å². The highest BCUT2D eigenvalue weighted by Gasteiger charge is 2.45. The van der Waals surface area contributed by atoms with Crippen LogP contribution in [0, 0.1) is 0 Å². The first-order valence-electron chi connectivity index (χ1n) is 17.2. The van der Waals surface area contributed by atoms with Crippen LogP contribution in [-0.2, 0) is 14.9 Å². The molecule has 10 nitrogen and oxygen atoms in total. The predicted molar refractivity (Wildman–Crippen MR) is 209 cm³/mol. The fourth-order valence-electron chi connectivity index (χ4n) is 6.70. The Bertz CT molecular complexity index is 1690. The van der Waals surface area contributed by atoms with Gasteiger partial charge in [-0.2, -0.15) is 0 Å². The van der Waals surface area contributed by atoms with E-state index in [0.717, 1.165) is 16.7 Å². The second-order valence-electron chi connectivity index (χ2n) is 13.5. The number of aliphatic hydroxyl groups is 1. The van der Waals surface area contributed by atoms with Crippen molar-refractivity contribution in [3.8, 4) is 5.75 Å². The summed E-state index contributed by atoms with van der Waals surface area (Å²) in [5.74, 6) is 1.17. The molecular formula is C39H50Cl3N5O5. The van der Waals surface area contributed by atoms with Crippen LogP contribution in [-0.4, -0.2) is 115 Å². The second-order valence-corrected chi connectivity index (χ2v) is 14.4. The van der Waals surface area contributed by atoms with Crippen LogP contribution in [0.1, 0.15) is 62.5 Å². The number of carbonyl (C=O) groups is 2. The van der Waals surface area contributed by atoms with Crippen LogP contribution in [0.15, 0.2) is 71.7 Å². The zero-order valence-electron chi connectivity index (χ0n) is 29.3. The van der Waals surface area contributed by atoms with E-state index < -0.39 is 17.5 Å². The predicted octanol–water partition coefficient (Wildman–Crippen LogP) is 6.86. The third kappa shape index (κ3) is 9.04. The minimum atomic E-state index is -0.502. The summed E-state index contributed by atoms with van der Waals surface area (Å²) in [5, 5.41) is 11.3. The molecule has 3 aliphatic rings. The Morgan fingerprint density at radius 2 is 1.48 bits per heavy atom. The van der Waals surface area contributed by atoms with Crippen molar-refractivity contribution in [3.63, 3.8) is 0 Å². The number of hydrogen-bond acceptors (Lipinski definition) is 7. The Hall–Kier alpha value is -3.38. The van der Waals surface area contributed by atoms with Crippen molar-refractivity contribution in [2.24, 2.45) is 4.99 Å². The molecule has 0 unspecified atom stereocenters. The van der Waals surface area contributed by atoms with Crippen molar-refractivity contribution < 1.29 is 24.2 Å². The molecular weight excluding hydrogens is 725 g/mol.